The van der Waals surface area contributed by atoms with Crippen LogP contribution in [0.4, 0.5) is 10.5 Å². The van der Waals surface area contributed by atoms with Crippen LogP contribution in [0.3, 0.4) is 0 Å². The number of hydrogen-bond acceptors (Lipinski definition) is 3. The minimum absolute atomic E-state index is 0.0133. The van der Waals surface area contributed by atoms with Crippen LogP contribution in [-0.2, 0) is 0 Å². The maximum Gasteiger partial charge on any atom is 0.319 e. The average molecular weight is 475 g/mol. The van der Waals surface area contributed by atoms with Crippen LogP contribution in [0.1, 0.15) is 38.5 Å². The van der Waals surface area contributed by atoms with Gasteiger partial charge in [0.05, 0.1) is 22.4 Å². The van der Waals surface area contributed by atoms with E-state index in [9.17, 15) is 4.79 Å². The lowest BCUT2D eigenvalue weighted by Gasteiger charge is -2.56. The molecule has 8 rings (SSSR count). The number of hydrogen-bond donors (Lipinski definition) is 2. The highest BCUT2D eigenvalue weighted by molar-refractivity contribution is 5.93. The zero-order valence-electron chi connectivity index (χ0n) is 20.3. The molecule has 2 N–H and O–H groups in total. The van der Waals surface area contributed by atoms with Gasteiger partial charge in [0.25, 0.3) is 0 Å². The lowest BCUT2D eigenvalue weighted by Crippen LogP contribution is -2.60. The standard InChI is InChI=1S/C31H30N4O/c36-30(35-31-17-20-13-21(18-31)15-22(14-20)19-31)32-25-11-12-26-27(16-25)34-29(24-9-5-2-6-10-24)28(33-26)23-7-3-1-4-8-23/h1-12,16,20-22H,13-15,17-19H2,(H2,32,35,36). The summed E-state index contributed by atoms with van der Waals surface area (Å²) in [5.41, 5.74) is 6.04. The molecule has 2 amide bonds. The summed E-state index contributed by atoms with van der Waals surface area (Å²) in [5.74, 6) is 2.38. The maximum absolute atomic E-state index is 13.1. The summed E-state index contributed by atoms with van der Waals surface area (Å²) >= 11 is 0. The van der Waals surface area contributed by atoms with E-state index in [-0.39, 0.29) is 11.6 Å². The maximum atomic E-state index is 13.1. The predicted octanol–water partition coefficient (Wildman–Crippen LogP) is 7.05. The van der Waals surface area contributed by atoms with E-state index in [1.165, 1.54) is 19.3 Å². The molecule has 1 aromatic heterocycles. The van der Waals surface area contributed by atoms with Crippen LogP contribution in [-0.4, -0.2) is 21.5 Å². The molecule has 3 aromatic carbocycles. The Labute approximate surface area is 211 Å². The SMILES string of the molecule is O=C(Nc1ccc2nc(-c3ccccc3)c(-c3ccccc3)nc2c1)NC12CC3CC(CC(C3)C1)C2. The third-order valence-corrected chi connectivity index (χ3v) is 8.43. The number of carbonyl (C=O) groups is 1. The van der Waals surface area contributed by atoms with Crippen molar-refractivity contribution in [2.24, 2.45) is 17.8 Å². The third-order valence-electron chi connectivity index (χ3n) is 8.43. The Balaban J connectivity index is 1.19. The number of fused-ring (bicyclic) bond motifs is 1. The second kappa shape index (κ2) is 8.44. The van der Waals surface area contributed by atoms with Gasteiger partial charge in [-0.2, -0.15) is 0 Å². The van der Waals surface area contributed by atoms with E-state index in [0.29, 0.717) is 0 Å². The van der Waals surface area contributed by atoms with Gasteiger partial charge in [0.1, 0.15) is 0 Å². The third kappa shape index (κ3) is 3.93. The van der Waals surface area contributed by atoms with Crippen molar-refractivity contribution in [1.29, 1.82) is 0 Å². The Morgan fingerprint density at radius 3 is 1.78 bits per heavy atom. The molecule has 5 heteroatoms. The molecular weight excluding hydrogens is 444 g/mol. The van der Waals surface area contributed by atoms with Crippen LogP contribution in [0.15, 0.2) is 78.9 Å². The van der Waals surface area contributed by atoms with Crippen LogP contribution < -0.4 is 10.6 Å². The van der Waals surface area contributed by atoms with E-state index in [1.54, 1.807) is 0 Å². The van der Waals surface area contributed by atoms with Crippen molar-refractivity contribution in [3.63, 3.8) is 0 Å². The Kier molecular flexibility index (Phi) is 5.05. The molecule has 36 heavy (non-hydrogen) atoms. The fourth-order valence-electron chi connectivity index (χ4n) is 7.39. The number of carbonyl (C=O) groups excluding carboxylic acids is 1. The summed E-state index contributed by atoms with van der Waals surface area (Å²) < 4.78 is 0. The van der Waals surface area contributed by atoms with Gasteiger partial charge in [-0.25, -0.2) is 14.8 Å². The molecule has 4 bridgehead atoms. The lowest BCUT2D eigenvalue weighted by atomic mass is 9.53. The summed E-state index contributed by atoms with van der Waals surface area (Å²) in [6, 6.07) is 26.0. The Morgan fingerprint density at radius 2 is 1.22 bits per heavy atom. The van der Waals surface area contributed by atoms with Gasteiger partial charge in [0.15, 0.2) is 0 Å². The van der Waals surface area contributed by atoms with Crippen LogP contribution in [0.5, 0.6) is 0 Å². The molecule has 4 aliphatic rings. The zero-order chi connectivity index (χ0) is 24.1. The number of nitrogens with one attached hydrogen (secondary N) is 2. The highest BCUT2D eigenvalue weighted by Gasteiger charge is 2.51. The fourth-order valence-corrected chi connectivity index (χ4v) is 7.39. The van der Waals surface area contributed by atoms with Gasteiger partial charge in [-0.1, -0.05) is 60.7 Å². The highest BCUT2D eigenvalue weighted by Crippen LogP contribution is 2.55. The normalized spacial score (nSPS) is 26.2. The molecule has 0 spiro atoms. The molecule has 5 nitrogen and oxygen atoms in total. The first-order chi connectivity index (χ1) is 17.6. The quantitative estimate of drug-likeness (QED) is 0.333. The van der Waals surface area contributed by atoms with Gasteiger partial charge in [-0.05, 0) is 74.5 Å². The second-order valence-corrected chi connectivity index (χ2v) is 11.1. The summed E-state index contributed by atoms with van der Waals surface area (Å²) in [6.45, 7) is 0. The van der Waals surface area contributed by atoms with Crippen LogP contribution in [0, 0.1) is 17.8 Å². The molecule has 1 heterocycles. The molecular formula is C31H30N4O. The smallest absolute Gasteiger partial charge is 0.319 e. The molecule has 0 unspecified atom stereocenters. The van der Waals surface area contributed by atoms with Gasteiger partial charge in [0, 0.05) is 22.4 Å². The van der Waals surface area contributed by atoms with Crippen LogP contribution in [0.25, 0.3) is 33.5 Å². The van der Waals surface area contributed by atoms with Crippen molar-refractivity contribution >= 4 is 22.8 Å². The van der Waals surface area contributed by atoms with Crippen LogP contribution in [0.2, 0.25) is 0 Å². The molecule has 4 fully saturated rings. The highest BCUT2D eigenvalue weighted by atomic mass is 16.2. The molecule has 0 saturated heterocycles. The van der Waals surface area contributed by atoms with Crippen molar-refractivity contribution in [3.05, 3.63) is 78.9 Å². The summed E-state index contributed by atoms with van der Waals surface area (Å²) in [6.07, 6.45) is 7.50. The van der Waals surface area contributed by atoms with E-state index in [4.69, 9.17) is 9.97 Å². The molecule has 0 radical (unpaired) electrons. The van der Waals surface area contributed by atoms with Crippen molar-refractivity contribution in [3.8, 4) is 22.5 Å². The molecule has 0 aliphatic heterocycles. The van der Waals surface area contributed by atoms with E-state index in [1.807, 2.05) is 54.6 Å². The Hall–Kier alpha value is -3.73. The first kappa shape index (κ1) is 21.5. The molecule has 4 aromatic rings. The zero-order valence-corrected chi connectivity index (χ0v) is 20.3. The number of benzene rings is 3. The van der Waals surface area contributed by atoms with E-state index in [2.05, 4.69) is 34.9 Å². The van der Waals surface area contributed by atoms with Gasteiger partial charge in [-0.15, -0.1) is 0 Å². The summed E-state index contributed by atoms with van der Waals surface area (Å²) in [4.78, 5) is 23.1. The number of urea groups is 1. The molecule has 180 valence electrons. The molecule has 4 saturated carbocycles. The summed E-state index contributed by atoms with van der Waals surface area (Å²) in [5, 5.41) is 6.50. The fraction of sp³-hybridized carbons (Fsp3) is 0.323. The number of amides is 2. The van der Waals surface area contributed by atoms with Crippen LogP contribution >= 0.6 is 0 Å². The second-order valence-electron chi connectivity index (χ2n) is 11.1. The Bertz CT molecular complexity index is 1400. The number of nitrogens with zero attached hydrogens (tertiary/aromatic N) is 2. The number of rotatable bonds is 4. The van der Waals surface area contributed by atoms with Crippen molar-refractivity contribution in [2.45, 2.75) is 44.1 Å². The predicted molar refractivity (Wildman–Crippen MR) is 143 cm³/mol. The van der Waals surface area contributed by atoms with E-state index < -0.39 is 0 Å². The minimum atomic E-state index is -0.103. The lowest BCUT2D eigenvalue weighted by molar-refractivity contribution is -0.0127. The van der Waals surface area contributed by atoms with Crippen molar-refractivity contribution in [2.75, 3.05) is 5.32 Å². The average Bonchev–Trinajstić information content (AvgIpc) is 2.88. The van der Waals surface area contributed by atoms with Gasteiger partial charge < -0.3 is 10.6 Å². The summed E-state index contributed by atoms with van der Waals surface area (Å²) in [7, 11) is 0. The van der Waals surface area contributed by atoms with E-state index in [0.717, 1.165) is 76.3 Å². The van der Waals surface area contributed by atoms with Crippen molar-refractivity contribution < 1.29 is 4.79 Å². The van der Waals surface area contributed by atoms with Gasteiger partial charge in [-0.3, -0.25) is 0 Å². The van der Waals surface area contributed by atoms with Gasteiger partial charge >= 0.3 is 6.03 Å². The topological polar surface area (TPSA) is 66.9 Å². The molecule has 4 aliphatic carbocycles. The van der Waals surface area contributed by atoms with Gasteiger partial charge in [0.2, 0.25) is 0 Å². The number of aromatic nitrogens is 2. The number of anilines is 1. The van der Waals surface area contributed by atoms with Crippen molar-refractivity contribution in [1.82, 2.24) is 15.3 Å². The largest absolute Gasteiger partial charge is 0.332 e. The molecule has 0 atom stereocenters. The van der Waals surface area contributed by atoms with E-state index >= 15 is 0 Å². The first-order valence-electron chi connectivity index (χ1n) is 13.1. The minimum Gasteiger partial charge on any atom is -0.332 e. The monoisotopic (exact) mass is 474 g/mol. The first-order valence-corrected chi connectivity index (χ1v) is 13.1. The Morgan fingerprint density at radius 1 is 0.694 bits per heavy atom.